The van der Waals surface area contributed by atoms with Crippen molar-refractivity contribution in [1.82, 2.24) is 0 Å². The molecule has 0 amide bonds. The van der Waals surface area contributed by atoms with Gasteiger partial charge >= 0.3 is 0 Å². The molecule has 6 aromatic carbocycles. The molecule has 0 atom stereocenters. The third kappa shape index (κ3) is 6.02. The predicted molar refractivity (Wildman–Crippen MR) is 158 cm³/mol. The lowest BCUT2D eigenvalue weighted by molar-refractivity contribution is 0.379. The van der Waals surface area contributed by atoms with Gasteiger partial charge in [-0.2, -0.15) is 0 Å². The van der Waals surface area contributed by atoms with Gasteiger partial charge < -0.3 is 0 Å². The van der Waals surface area contributed by atoms with Crippen LogP contribution in [0.5, 0.6) is 0 Å². The molecule has 26 heteroatoms. The topological polar surface area (TPSA) is 0 Å². The van der Waals surface area contributed by atoms with Gasteiger partial charge in [-0.1, -0.05) is 0 Å². The second kappa shape index (κ2) is 15.3. The first-order valence-electron chi connectivity index (χ1n) is 15.2. The minimum Gasteiger partial charge on any atom is -0.205 e. The fraction of sp³-hybridized carbons (Fsp3) is 0. The highest BCUT2D eigenvalue weighted by atomic mass is 28.1. The molecule has 0 N–H and O–H groups in total. The SMILES string of the molecule is Fc1c(F)c(F)c(-c2c(F)c(F)c(-c3c(F)c(-c4c(F)c(F)c([Si])c(F)c4F)c(F)c(-c4c(F)c(F)c(-c5c(F)c(F)c(F)c(F)c5F)c(F)c4F)c3F)c(F)c2F)c(F)c1F. The average molecular weight is 935 g/mol. The van der Waals surface area contributed by atoms with Crippen molar-refractivity contribution in [1.29, 1.82) is 0 Å². The summed E-state index contributed by atoms with van der Waals surface area (Å²) in [5.74, 6) is -81.4. The Hall–Kier alpha value is -6.21. The van der Waals surface area contributed by atoms with Crippen molar-refractivity contribution < 1.29 is 110 Å². The van der Waals surface area contributed by atoms with Gasteiger partial charge in [-0.3, -0.25) is 0 Å². The molecule has 0 heterocycles. The van der Waals surface area contributed by atoms with Crippen LogP contribution in [0.15, 0.2) is 0 Å². The zero-order chi connectivity index (χ0) is 46.8. The Morgan fingerprint density at radius 2 is 0.226 bits per heavy atom. The molecule has 0 nitrogen and oxygen atoms in total. The Bertz CT molecular complexity index is 2720. The van der Waals surface area contributed by atoms with Crippen molar-refractivity contribution in [3.63, 3.8) is 0 Å². The molecule has 0 aromatic heterocycles. The lowest BCUT2D eigenvalue weighted by atomic mass is 9.87. The fourth-order valence-electron chi connectivity index (χ4n) is 5.96. The minimum atomic E-state index is -3.57. The smallest absolute Gasteiger partial charge is 0.200 e. The van der Waals surface area contributed by atoms with Crippen LogP contribution in [0.25, 0.3) is 55.6 Å². The third-order valence-electron chi connectivity index (χ3n) is 8.78. The molecule has 0 aliphatic heterocycles. The van der Waals surface area contributed by atoms with Crippen LogP contribution in [0.2, 0.25) is 0 Å². The average Bonchev–Trinajstić information content (AvgIpc) is 3.23. The maximum atomic E-state index is 16.4. The monoisotopic (exact) mass is 935 g/mol. The summed E-state index contributed by atoms with van der Waals surface area (Å²) in [4.78, 5) is 0. The second-order valence-corrected chi connectivity index (χ2v) is 12.5. The molecule has 0 saturated heterocycles. The van der Waals surface area contributed by atoms with E-state index in [9.17, 15) is 52.7 Å². The Kier molecular flexibility index (Phi) is 11.2. The molecular formula is C36F25Si. The quantitative estimate of drug-likeness (QED) is 0.0699. The summed E-state index contributed by atoms with van der Waals surface area (Å²) in [7, 11) is 1.98. The molecule has 0 spiro atoms. The zero-order valence-corrected chi connectivity index (χ0v) is 28.9. The molecule has 0 saturated carbocycles. The Labute approximate surface area is 326 Å². The molecule has 6 aromatic rings. The molecule has 0 bridgehead atoms. The van der Waals surface area contributed by atoms with Gasteiger partial charge in [0.15, 0.2) is 116 Å². The molecule has 0 unspecified atom stereocenters. The van der Waals surface area contributed by atoms with Gasteiger partial charge in [-0.25, -0.2) is 110 Å². The first-order chi connectivity index (χ1) is 28.7. The summed E-state index contributed by atoms with van der Waals surface area (Å²) in [6.45, 7) is 0. The highest BCUT2D eigenvalue weighted by Gasteiger charge is 2.42. The van der Waals surface area contributed by atoms with Gasteiger partial charge in [0.05, 0.1) is 65.9 Å². The van der Waals surface area contributed by atoms with E-state index in [4.69, 9.17) is 0 Å². The van der Waals surface area contributed by atoms with Crippen molar-refractivity contribution in [3.8, 4) is 55.6 Å². The predicted octanol–water partition coefficient (Wildman–Crippen LogP) is 12.3. The van der Waals surface area contributed by atoms with Crippen LogP contribution in [-0.2, 0) is 0 Å². The van der Waals surface area contributed by atoms with Crippen molar-refractivity contribution >= 4 is 15.4 Å². The van der Waals surface area contributed by atoms with Crippen LogP contribution in [0.4, 0.5) is 110 Å². The molecule has 3 radical (unpaired) electrons. The normalized spacial score (nSPS) is 11.7. The zero-order valence-electron chi connectivity index (χ0n) is 27.9. The van der Waals surface area contributed by atoms with Crippen LogP contribution >= 0.6 is 0 Å². The van der Waals surface area contributed by atoms with Crippen LogP contribution in [0, 0.1) is 145 Å². The maximum Gasteiger partial charge on any atom is 0.200 e. The van der Waals surface area contributed by atoms with E-state index in [1.54, 1.807) is 0 Å². The number of hydrogen-bond acceptors (Lipinski definition) is 0. The first kappa shape index (κ1) is 45.3. The minimum absolute atomic E-state index is 1.90. The van der Waals surface area contributed by atoms with Crippen LogP contribution in [0.3, 0.4) is 0 Å². The molecule has 6 rings (SSSR count). The van der Waals surface area contributed by atoms with Crippen LogP contribution in [0.1, 0.15) is 0 Å². The van der Waals surface area contributed by atoms with Crippen molar-refractivity contribution in [3.05, 3.63) is 145 Å². The van der Waals surface area contributed by atoms with E-state index in [1.165, 1.54) is 0 Å². The van der Waals surface area contributed by atoms with Crippen molar-refractivity contribution in [2.45, 2.75) is 0 Å². The van der Waals surface area contributed by atoms with E-state index in [2.05, 4.69) is 0 Å². The summed E-state index contributed by atoms with van der Waals surface area (Å²) in [6.07, 6.45) is 0. The van der Waals surface area contributed by atoms with Crippen molar-refractivity contribution in [2.75, 3.05) is 0 Å². The van der Waals surface area contributed by atoms with E-state index in [0.29, 0.717) is 0 Å². The third-order valence-corrected chi connectivity index (χ3v) is 9.22. The highest BCUT2D eigenvalue weighted by molar-refractivity contribution is 6.32. The van der Waals surface area contributed by atoms with Crippen molar-refractivity contribution in [2.24, 2.45) is 0 Å². The van der Waals surface area contributed by atoms with Crippen LogP contribution < -0.4 is 5.19 Å². The summed E-state index contributed by atoms with van der Waals surface area (Å²) in [5, 5.41) is -1.90. The van der Waals surface area contributed by atoms with E-state index in [1.807, 2.05) is 10.2 Å². The molecular weight excluding hydrogens is 935 g/mol. The number of benzene rings is 6. The fourth-order valence-corrected chi connectivity index (χ4v) is 6.18. The number of halogens is 25. The summed E-state index contributed by atoms with van der Waals surface area (Å²) in [6, 6.07) is 0. The summed E-state index contributed by atoms with van der Waals surface area (Å²) >= 11 is 0. The van der Waals surface area contributed by atoms with Gasteiger partial charge in [-0.05, 0) is 0 Å². The lowest BCUT2D eigenvalue weighted by Gasteiger charge is -2.21. The van der Waals surface area contributed by atoms with E-state index < -0.39 is 206 Å². The molecule has 0 aliphatic rings. The first-order valence-corrected chi connectivity index (χ1v) is 15.7. The molecule has 0 aliphatic carbocycles. The largest absolute Gasteiger partial charge is 0.205 e. The van der Waals surface area contributed by atoms with Crippen LogP contribution in [-0.4, -0.2) is 10.2 Å². The molecule has 0 fully saturated rings. The van der Waals surface area contributed by atoms with E-state index in [-0.39, 0.29) is 0 Å². The van der Waals surface area contributed by atoms with E-state index in [0.717, 1.165) is 0 Å². The van der Waals surface area contributed by atoms with Gasteiger partial charge in [0.25, 0.3) is 0 Å². The Morgan fingerprint density at radius 3 is 0.387 bits per heavy atom. The van der Waals surface area contributed by atoms with E-state index >= 15 is 57.1 Å². The second-order valence-electron chi connectivity index (χ2n) is 12.0. The standard InChI is InChI=1S/C36F25Si/c37-11-1(4-14(40)18(44)7(19(45)15(4)41)9-22(48)28(54)32(58)29(55)23(9)49)12(38)3(6-26(52)34(60)36(62)35(61)27(6)53)13(39)2(11)5-16(42)20(46)8(21(47)17(5)43)10-24(50)30(56)33(59)31(57)25(10)51. The summed E-state index contributed by atoms with van der Waals surface area (Å²) < 4.78 is 375. The lowest BCUT2D eigenvalue weighted by Crippen LogP contribution is -2.21. The molecule has 62 heavy (non-hydrogen) atoms. The van der Waals surface area contributed by atoms with Gasteiger partial charge in [0, 0.05) is 5.19 Å². The summed E-state index contributed by atoms with van der Waals surface area (Å²) in [5.41, 5.74) is -30.5. The maximum absolute atomic E-state index is 16.4. The highest BCUT2D eigenvalue weighted by Crippen LogP contribution is 2.50. The number of hydrogen-bond donors (Lipinski definition) is 0. The van der Waals surface area contributed by atoms with Gasteiger partial charge in [-0.15, -0.1) is 0 Å². The van der Waals surface area contributed by atoms with Gasteiger partial charge in [0.2, 0.25) is 11.6 Å². The molecule has 323 valence electrons. The Morgan fingerprint density at radius 1 is 0.129 bits per heavy atom. The van der Waals surface area contributed by atoms with Gasteiger partial charge in [0.1, 0.15) is 17.5 Å². The number of rotatable bonds is 5. The Balaban J connectivity index is 1.85.